The van der Waals surface area contributed by atoms with Crippen LogP contribution in [0.25, 0.3) is 0 Å². The van der Waals surface area contributed by atoms with E-state index in [0.29, 0.717) is 18.1 Å². The molecule has 90 valence electrons. The molecule has 7 nitrogen and oxygen atoms in total. The molecule has 0 aromatic carbocycles. The Labute approximate surface area is 94.5 Å². The number of nitrogens with one attached hydrogen (secondary N) is 2. The number of sulfonamides is 1. The average molecular weight is 245 g/mol. The maximum Gasteiger partial charge on any atom is 0.213 e. The Morgan fingerprint density at radius 2 is 2.25 bits per heavy atom. The highest BCUT2D eigenvalue weighted by molar-refractivity contribution is 7.89. The quantitative estimate of drug-likeness (QED) is 0.618. The van der Waals surface area contributed by atoms with Crippen molar-refractivity contribution in [3.05, 3.63) is 12.5 Å². The molecule has 16 heavy (non-hydrogen) atoms. The van der Waals surface area contributed by atoms with Crippen molar-refractivity contribution in [3.8, 4) is 0 Å². The zero-order valence-corrected chi connectivity index (χ0v) is 9.79. The lowest BCUT2D eigenvalue weighted by Gasteiger charge is -2.07. The van der Waals surface area contributed by atoms with Gasteiger partial charge >= 0.3 is 0 Å². The molecule has 0 saturated carbocycles. The highest BCUT2D eigenvalue weighted by atomic mass is 32.2. The molecule has 4 N–H and O–H groups in total. The van der Waals surface area contributed by atoms with Crippen LogP contribution in [0.2, 0.25) is 0 Å². The fraction of sp³-hybridized carbons (Fsp3) is 0.500. The van der Waals surface area contributed by atoms with Crippen molar-refractivity contribution >= 4 is 21.5 Å². The van der Waals surface area contributed by atoms with Crippen LogP contribution in [0.4, 0.5) is 11.5 Å². The smallest absolute Gasteiger partial charge is 0.213 e. The van der Waals surface area contributed by atoms with E-state index in [-0.39, 0.29) is 12.3 Å². The first-order valence-electron chi connectivity index (χ1n) is 4.82. The zero-order valence-electron chi connectivity index (χ0n) is 8.97. The summed E-state index contributed by atoms with van der Waals surface area (Å²) in [5, 5.41) is 2.83. The molecule has 0 aliphatic heterocycles. The van der Waals surface area contributed by atoms with Gasteiger partial charge in [0.15, 0.2) is 5.82 Å². The lowest BCUT2D eigenvalue weighted by Crippen LogP contribution is -2.29. The van der Waals surface area contributed by atoms with E-state index in [0.717, 1.165) is 0 Å². The second-order valence-electron chi connectivity index (χ2n) is 3.07. The van der Waals surface area contributed by atoms with Gasteiger partial charge in [-0.25, -0.2) is 23.1 Å². The molecule has 0 saturated heterocycles. The monoisotopic (exact) mass is 245 g/mol. The molecule has 1 heterocycles. The Bertz CT molecular complexity index is 434. The lowest BCUT2D eigenvalue weighted by atomic mass is 10.5. The minimum atomic E-state index is -3.21. The molecule has 0 aliphatic rings. The SMILES string of the molecule is CCNS(=O)(=O)CCNc1ncncc1N. The highest BCUT2D eigenvalue weighted by Gasteiger charge is 2.08. The Hall–Kier alpha value is -1.41. The molecule has 0 fully saturated rings. The summed E-state index contributed by atoms with van der Waals surface area (Å²) in [5.74, 6) is 0.422. The standard InChI is InChI=1S/C8H15N5O2S/c1-2-13-16(14,15)4-3-11-8-7(9)5-10-6-12-8/h5-6,13H,2-4,9H2,1H3,(H,10,11,12). The second-order valence-corrected chi connectivity index (χ2v) is 5.00. The van der Waals surface area contributed by atoms with E-state index in [4.69, 9.17) is 5.73 Å². The van der Waals surface area contributed by atoms with Crippen LogP contribution in [0.1, 0.15) is 6.92 Å². The van der Waals surface area contributed by atoms with E-state index >= 15 is 0 Å². The van der Waals surface area contributed by atoms with Crippen LogP contribution >= 0.6 is 0 Å². The Balaban J connectivity index is 2.45. The molecule has 0 aliphatic carbocycles. The third kappa shape index (κ3) is 3.99. The number of hydrogen-bond donors (Lipinski definition) is 3. The summed E-state index contributed by atoms with van der Waals surface area (Å²) < 4.78 is 25.0. The molecular weight excluding hydrogens is 230 g/mol. The predicted octanol–water partition coefficient (Wildman–Crippen LogP) is -0.590. The first kappa shape index (κ1) is 12.7. The number of nitrogen functional groups attached to an aromatic ring is 1. The van der Waals surface area contributed by atoms with Crippen LogP contribution < -0.4 is 15.8 Å². The van der Waals surface area contributed by atoms with Crippen molar-refractivity contribution in [2.75, 3.05) is 29.9 Å². The number of nitrogens with two attached hydrogens (primary N) is 1. The van der Waals surface area contributed by atoms with Crippen molar-refractivity contribution < 1.29 is 8.42 Å². The van der Waals surface area contributed by atoms with Gasteiger partial charge in [0.1, 0.15) is 6.33 Å². The molecule has 8 heteroatoms. The highest BCUT2D eigenvalue weighted by Crippen LogP contribution is 2.10. The summed E-state index contributed by atoms with van der Waals surface area (Å²) in [4.78, 5) is 7.61. The summed E-state index contributed by atoms with van der Waals surface area (Å²) >= 11 is 0. The van der Waals surface area contributed by atoms with Crippen molar-refractivity contribution in [2.24, 2.45) is 0 Å². The topological polar surface area (TPSA) is 110 Å². The van der Waals surface area contributed by atoms with Crippen molar-refractivity contribution in [1.29, 1.82) is 0 Å². The fourth-order valence-corrected chi connectivity index (χ4v) is 2.04. The van der Waals surface area contributed by atoms with E-state index in [1.165, 1.54) is 12.5 Å². The van der Waals surface area contributed by atoms with Crippen LogP contribution in [0.5, 0.6) is 0 Å². The molecule has 0 atom stereocenters. The molecule has 0 bridgehead atoms. The number of nitrogens with zero attached hydrogens (tertiary/aromatic N) is 2. The van der Waals surface area contributed by atoms with Crippen molar-refractivity contribution in [3.63, 3.8) is 0 Å². The molecule has 0 spiro atoms. The van der Waals surface area contributed by atoms with E-state index in [1.54, 1.807) is 6.92 Å². The maximum absolute atomic E-state index is 11.3. The van der Waals surface area contributed by atoms with Crippen LogP contribution in [-0.4, -0.2) is 37.2 Å². The Morgan fingerprint density at radius 3 is 2.88 bits per heavy atom. The molecular formula is C8H15N5O2S. The average Bonchev–Trinajstić information content (AvgIpc) is 2.20. The van der Waals surface area contributed by atoms with Crippen LogP contribution in [0.15, 0.2) is 12.5 Å². The number of rotatable bonds is 6. The van der Waals surface area contributed by atoms with Gasteiger partial charge in [-0.15, -0.1) is 0 Å². The largest absolute Gasteiger partial charge is 0.394 e. The third-order valence-corrected chi connectivity index (χ3v) is 3.24. The summed E-state index contributed by atoms with van der Waals surface area (Å²) in [6.45, 7) is 2.36. The van der Waals surface area contributed by atoms with Crippen molar-refractivity contribution in [1.82, 2.24) is 14.7 Å². The third-order valence-electron chi connectivity index (χ3n) is 1.77. The molecule has 0 radical (unpaired) electrons. The first-order chi connectivity index (χ1) is 7.55. The normalized spacial score (nSPS) is 11.3. The summed E-state index contributed by atoms with van der Waals surface area (Å²) in [7, 11) is -3.21. The van der Waals surface area contributed by atoms with Gasteiger partial charge in [0.05, 0.1) is 17.6 Å². The maximum atomic E-state index is 11.3. The van der Waals surface area contributed by atoms with Gasteiger partial charge in [0, 0.05) is 13.1 Å². The molecule has 0 unspecified atom stereocenters. The second kappa shape index (κ2) is 5.61. The Morgan fingerprint density at radius 1 is 1.50 bits per heavy atom. The van der Waals surface area contributed by atoms with Gasteiger partial charge in [-0.05, 0) is 0 Å². The van der Waals surface area contributed by atoms with Gasteiger partial charge < -0.3 is 11.1 Å². The summed E-state index contributed by atoms with van der Waals surface area (Å²) in [6.07, 6.45) is 2.80. The van der Waals surface area contributed by atoms with E-state index in [9.17, 15) is 8.42 Å². The number of aromatic nitrogens is 2. The summed E-state index contributed by atoms with van der Waals surface area (Å²) in [5.41, 5.74) is 5.97. The van der Waals surface area contributed by atoms with Crippen LogP contribution in [-0.2, 0) is 10.0 Å². The fourth-order valence-electron chi connectivity index (χ4n) is 1.08. The Kier molecular flexibility index (Phi) is 4.44. The van der Waals surface area contributed by atoms with E-state index < -0.39 is 10.0 Å². The number of anilines is 2. The van der Waals surface area contributed by atoms with E-state index in [2.05, 4.69) is 20.0 Å². The van der Waals surface area contributed by atoms with Crippen LogP contribution in [0.3, 0.4) is 0 Å². The molecule has 0 amide bonds. The van der Waals surface area contributed by atoms with Gasteiger partial charge in [0.2, 0.25) is 10.0 Å². The molecule has 1 rings (SSSR count). The lowest BCUT2D eigenvalue weighted by molar-refractivity contribution is 0.584. The predicted molar refractivity (Wildman–Crippen MR) is 62.4 cm³/mol. The minimum Gasteiger partial charge on any atom is -0.394 e. The van der Waals surface area contributed by atoms with Crippen molar-refractivity contribution in [2.45, 2.75) is 6.92 Å². The van der Waals surface area contributed by atoms with Crippen LogP contribution in [0, 0.1) is 0 Å². The molecule has 1 aromatic heterocycles. The van der Waals surface area contributed by atoms with Gasteiger partial charge in [0.25, 0.3) is 0 Å². The van der Waals surface area contributed by atoms with Gasteiger partial charge in [-0.1, -0.05) is 6.92 Å². The first-order valence-corrected chi connectivity index (χ1v) is 6.47. The number of hydrogen-bond acceptors (Lipinski definition) is 6. The van der Waals surface area contributed by atoms with E-state index in [1.807, 2.05) is 0 Å². The summed E-state index contributed by atoms with van der Waals surface area (Å²) in [6, 6.07) is 0. The van der Waals surface area contributed by atoms with Gasteiger partial charge in [-0.2, -0.15) is 0 Å². The zero-order chi connectivity index (χ0) is 12.0. The minimum absolute atomic E-state index is 0.0235. The van der Waals surface area contributed by atoms with Gasteiger partial charge in [-0.3, -0.25) is 0 Å². The molecule has 1 aromatic rings.